The summed E-state index contributed by atoms with van der Waals surface area (Å²) in [5.41, 5.74) is 1.13. The van der Waals surface area contributed by atoms with E-state index in [1.165, 1.54) is 25.7 Å². The fourth-order valence-electron chi connectivity index (χ4n) is 2.25. The van der Waals surface area contributed by atoms with Gasteiger partial charge in [0.15, 0.2) is 5.96 Å². The van der Waals surface area contributed by atoms with Crippen molar-refractivity contribution in [3.63, 3.8) is 0 Å². The molecule has 0 fully saturated rings. The third kappa shape index (κ3) is 8.60. The lowest BCUT2D eigenvalue weighted by Gasteiger charge is -2.17. The third-order valence-corrected chi connectivity index (χ3v) is 3.62. The Morgan fingerprint density at radius 2 is 2.09 bits per heavy atom. The van der Waals surface area contributed by atoms with Gasteiger partial charge in [0.25, 0.3) is 0 Å². The highest BCUT2D eigenvalue weighted by Crippen LogP contribution is 2.11. The fraction of sp³-hybridized carbons (Fsp3) is 0.750. The Morgan fingerprint density at radius 1 is 1.32 bits per heavy atom. The van der Waals surface area contributed by atoms with E-state index in [1.54, 1.807) is 0 Å². The lowest BCUT2D eigenvalue weighted by molar-refractivity contribution is 0.443. The summed E-state index contributed by atoms with van der Waals surface area (Å²) in [5.74, 6) is 1.63. The summed E-state index contributed by atoms with van der Waals surface area (Å²) in [6.07, 6.45) is 8.96. The summed E-state index contributed by atoms with van der Waals surface area (Å²) in [4.78, 5) is 4.62. The van der Waals surface area contributed by atoms with Crippen molar-refractivity contribution in [2.45, 2.75) is 53.0 Å². The summed E-state index contributed by atoms with van der Waals surface area (Å²) in [7, 11) is 1.93. The molecule has 0 amide bonds. The van der Waals surface area contributed by atoms with E-state index in [0.717, 1.165) is 30.5 Å². The van der Waals surface area contributed by atoms with Crippen LogP contribution in [0.25, 0.3) is 0 Å². The van der Waals surface area contributed by atoms with Crippen LogP contribution in [0.3, 0.4) is 0 Å². The van der Waals surface area contributed by atoms with Gasteiger partial charge in [0.2, 0.25) is 0 Å². The van der Waals surface area contributed by atoms with Crippen LogP contribution >= 0.6 is 24.0 Å². The molecular formula is C16H32IN5. The average molecular weight is 421 g/mol. The standard InChI is InChI=1S/C16H31N5.HI/c1-5-8-9-14(6-2)10-18-16(17-7-3)19-11-15-12-20-21(4)13-15;/h12-14H,5-11H2,1-4H3,(H2,17,18,19);1H. The van der Waals surface area contributed by atoms with E-state index in [0.29, 0.717) is 6.54 Å². The van der Waals surface area contributed by atoms with E-state index in [2.05, 4.69) is 41.5 Å². The molecule has 0 radical (unpaired) electrons. The first kappa shape index (κ1) is 21.2. The van der Waals surface area contributed by atoms with Crippen LogP contribution in [0, 0.1) is 5.92 Å². The maximum absolute atomic E-state index is 4.62. The number of aromatic nitrogens is 2. The van der Waals surface area contributed by atoms with Crippen LogP contribution in [0.1, 0.15) is 52.0 Å². The van der Waals surface area contributed by atoms with E-state index in [9.17, 15) is 0 Å². The SMILES string of the molecule is CCCCC(CC)CNC(=NCc1cnn(C)c1)NCC.I. The molecule has 1 atom stereocenters. The molecule has 0 aliphatic heterocycles. The van der Waals surface area contributed by atoms with Gasteiger partial charge in [-0.15, -0.1) is 24.0 Å². The number of nitrogens with zero attached hydrogens (tertiary/aromatic N) is 3. The zero-order valence-corrected chi connectivity index (χ0v) is 16.8. The number of rotatable bonds is 9. The molecule has 1 rings (SSSR count). The van der Waals surface area contributed by atoms with Gasteiger partial charge in [-0.05, 0) is 19.3 Å². The normalized spacial score (nSPS) is 12.6. The minimum atomic E-state index is 0. The van der Waals surface area contributed by atoms with E-state index in [1.807, 2.05) is 24.1 Å². The highest BCUT2D eigenvalue weighted by Gasteiger charge is 2.07. The molecule has 1 heterocycles. The van der Waals surface area contributed by atoms with Crippen molar-refractivity contribution in [2.24, 2.45) is 18.0 Å². The van der Waals surface area contributed by atoms with E-state index >= 15 is 0 Å². The van der Waals surface area contributed by atoms with Crippen LogP contribution in [0.15, 0.2) is 17.4 Å². The van der Waals surface area contributed by atoms with Crippen LogP contribution in [-0.4, -0.2) is 28.8 Å². The second-order valence-corrected chi connectivity index (χ2v) is 5.51. The Labute approximate surface area is 152 Å². The van der Waals surface area contributed by atoms with E-state index in [4.69, 9.17) is 0 Å². The van der Waals surface area contributed by atoms with Gasteiger partial charge in [-0.25, -0.2) is 4.99 Å². The van der Waals surface area contributed by atoms with Gasteiger partial charge >= 0.3 is 0 Å². The highest BCUT2D eigenvalue weighted by molar-refractivity contribution is 14.0. The van der Waals surface area contributed by atoms with Gasteiger partial charge in [-0.3, -0.25) is 4.68 Å². The lowest BCUT2D eigenvalue weighted by atomic mass is 9.99. The highest BCUT2D eigenvalue weighted by atomic mass is 127. The quantitative estimate of drug-likeness (QED) is 0.366. The zero-order valence-electron chi connectivity index (χ0n) is 14.4. The number of halogens is 1. The molecule has 22 heavy (non-hydrogen) atoms. The predicted octanol–water partition coefficient (Wildman–Crippen LogP) is 3.31. The molecule has 0 bridgehead atoms. The number of aliphatic imine (C=N–C) groups is 1. The van der Waals surface area contributed by atoms with Gasteiger partial charge in [0.05, 0.1) is 12.7 Å². The summed E-state index contributed by atoms with van der Waals surface area (Å²) >= 11 is 0. The Morgan fingerprint density at radius 3 is 2.64 bits per heavy atom. The molecule has 0 saturated heterocycles. The first-order valence-electron chi connectivity index (χ1n) is 8.19. The zero-order chi connectivity index (χ0) is 15.5. The summed E-state index contributed by atoms with van der Waals surface area (Å²) < 4.78 is 1.81. The molecular weight excluding hydrogens is 389 g/mol. The minimum absolute atomic E-state index is 0. The molecule has 0 aromatic carbocycles. The largest absolute Gasteiger partial charge is 0.357 e. The van der Waals surface area contributed by atoms with Crippen molar-refractivity contribution in [3.05, 3.63) is 18.0 Å². The molecule has 0 spiro atoms. The van der Waals surface area contributed by atoms with E-state index < -0.39 is 0 Å². The average Bonchev–Trinajstić information content (AvgIpc) is 2.90. The van der Waals surface area contributed by atoms with Crippen LogP contribution in [0.5, 0.6) is 0 Å². The van der Waals surface area contributed by atoms with E-state index in [-0.39, 0.29) is 24.0 Å². The van der Waals surface area contributed by atoms with Crippen molar-refractivity contribution in [3.8, 4) is 0 Å². The predicted molar refractivity (Wildman–Crippen MR) is 105 cm³/mol. The summed E-state index contributed by atoms with van der Waals surface area (Å²) in [5, 5.41) is 10.9. The molecule has 0 aliphatic rings. The van der Waals surface area contributed by atoms with Gasteiger partial charge in [-0.1, -0.05) is 33.1 Å². The monoisotopic (exact) mass is 421 g/mol. The van der Waals surface area contributed by atoms with Gasteiger partial charge in [0.1, 0.15) is 0 Å². The smallest absolute Gasteiger partial charge is 0.191 e. The van der Waals surface area contributed by atoms with Crippen molar-refractivity contribution in [1.82, 2.24) is 20.4 Å². The van der Waals surface area contributed by atoms with Crippen LogP contribution in [0.2, 0.25) is 0 Å². The number of hydrogen-bond acceptors (Lipinski definition) is 2. The maximum atomic E-state index is 4.62. The molecule has 128 valence electrons. The second-order valence-electron chi connectivity index (χ2n) is 5.51. The third-order valence-electron chi connectivity index (χ3n) is 3.62. The van der Waals surface area contributed by atoms with Crippen LogP contribution in [0.4, 0.5) is 0 Å². The molecule has 1 aromatic heterocycles. The lowest BCUT2D eigenvalue weighted by Crippen LogP contribution is -2.39. The summed E-state index contributed by atoms with van der Waals surface area (Å²) in [6.45, 7) is 9.14. The topological polar surface area (TPSA) is 54.2 Å². The fourth-order valence-corrected chi connectivity index (χ4v) is 2.25. The number of hydrogen-bond donors (Lipinski definition) is 2. The molecule has 0 aliphatic carbocycles. The molecule has 1 unspecified atom stereocenters. The first-order chi connectivity index (χ1) is 10.2. The molecule has 1 aromatic rings. The molecule has 2 N–H and O–H groups in total. The number of unbranched alkanes of at least 4 members (excludes halogenated alkanes) is 1. The molecule has 6 heteroatoms. The van der Waals surface area contributed by atoms with Crippen molar-refractivity contribution in [2.75, 3.05) is 13.1 Å². The van der Waals surface area contributed by atoms with Gasteiger partial charge in [0, 0.05) is 31.9 Å². The van der Waals surface area contributed by atoms with Crippen LogP contribution in [-0.2, 0) is 13.6 Å². The maximum Gasteiger partial charge on any atom is 0.191 e. The molecule has 0 saturated carbocycles. The minimum Gasteiger partial charge on any atom is -0.357 e. The Balaban J connectivity index is 0.00000441. The van der Waals surface area contributed by atoms with Gasteiger partial charge in [-0.2, -0.15) is 5.10 Å². The van der Waals surface area contributed by atoms with Crippen molar-refractivity contribution >= 4 is 29.9 Å². The van der Waals surface area contributed by atoms with Crippen molar-refractivity contribution < 1.29 is 0 Å². The van der Waals surface area contributed by atoms with Crippen LogP contribution < -0.4 is 10.6 Å². The number of aryl methyl sites for hydroxylation is 1. The van der Waals surface area contributed by atoms with Gasteiger partial charge < -0.3 is 10.6 Å². The Hall–Kier alpha value is -0.790. The Bertz CT molecular complexity index is 416. The molecule has 5 nitrogen and oxygen atoms in total. The summed E-state index contributed by atoms with van der Waals surface area (Å²) in [6, 6.07) is 0. The van der Waals surface area contributed by atoms with Crippen molar-refractivity contribution in [1.29, 1.82) is 0 Å². The Kier molecular flexibility index (Phi) is 12.3. The first-order valence-corrected chi connectivity index (χ1v) is 8.19. The number of nitrogens with one attached hydrogen (secondary N) is 2. The number of guanidine groups is 1. The second kappa shape index (κ2) is 12.7.